The molecule has 0 spiro atoms. The van der Waals surface area contributed by atoms with Crippen molar-refractivity contribution >= 4 is 23.6 Å². The third-order valence-electron chi connectivity index (χ3n) is 5.59. The van der Waals surface area contributed by atoms with Crippen molar-refractivity contribution in [1.29, 1.82) is 0 Å². The van der Waals surface area contributed by atoms with Gasteiger partial charge in [0.05, 0.1) is 12.2 Å². The maximum absolute atomic E-state index is 4.88. The van der Waals surface area contributed by atoms with Crippen molar-refractivity contribution in [2.75, 3.05) is 0 Å². The smallest absolute Gasteiger partial charge is 0.196 e. The maximum atomic E-state index is 4.88. The van der Waals surface area contributed by atoms with Crippen LogP contribution in [0.1, 0.15) is 36.0 Å². The monoisotopic (exact) mass is 448 g/mol. The number of H-pyrrole nitrogens is 1. The van der Waals surface area contributed by atoms with Gasteiger partial charge in [0.2, 0.25) is 0 Å². The number of hydrogen-bond acceptors (Lipinski definition) is 5. The van der Waals surface area contributed by atoms with Crippen molar-refractivity contribution in [3.8, 4) is 17.2 Å². The topological polar surface area (TPSA) is 90.1 Å². The quantitative estimate of drug-likeness (QED) is 0.414. The fourth-order valence-corrected chi connectivity index (χ4v) is 4.03. The van der Waals surface area contributed by atoms with E-state index >= 15 is 0 Å². The SMILES string of the molecule is CCCc1nc2c(C)ccnc2n1Cc1ccc(-n2c(C)ccc2-c2nnn[nH]2)cc1.Cl. The third kappa shape index (κ3) is 3.78. The molecule has 5 aromatic rings. The molecule has 4 aromatic heterocycles. The summed E-state index contributed by atoms with van der Waals surface area (Å²) in [6.45, 7) is 7.09. The van der Waals surface area contributed by atoms with Gasteiger partial charge in [0.25, 0.3) is 0 Å². The minimum absolute atomic E-state index is 0. The molecule has 0 saturated heterocycles. The number of imidazole rings is 1. The number of hydrogen-bond donors (Lipinski definition) is 1. The molecule has 0 fully saturated rings. The molecule has 164 valence electrons. The van der Waals surface area contributed by atoms with Crippen LogP contribution in [0, 0.1) is 13.8 Å². The number of aryl methyl sites for hydroxylation is 3. The molecule has 0 saturated carbocycles. The molecule has 0 aliphatic carbocycles. The Morgan fingerprint density at radius 2 is 1.81 bits per heavy atom. The first kappa shape index (κ1) is 21.7. The van der Waals surface area contributed by atoms with Gasteiger partial charge in [0.15, 0.2) is 11.5 Å². The molecule has 0 atom stereocenters. The van der Waals surface area contributed by atoms with Crippen LogP contribution in [-0.4, -0.2) is 39.7 Å². The van der Waals surface area contributed by atoms with Gasteiger partial charge >= 0.3 is 0 Å². The highest BCUT2D eigenvalue weighted by Gasteiger charge is 2.15. The lowest BCUT2D eigenvalue weighted by molar-refractivity contribution is 0.716. The van der Waals surface area contributed by atoms with E-state index in [-0.39, 0.29) is 12.4 Å². The first-order chi connectivity index (χ1) is 15.2. The Bertz CT molecular complexity index is 1330. The fourth-order valence-electron chi connectivity index (χ4n) is 4.03. The van der Waals surface area contributed by atoms with Gasteiger partial charge < -0.3 is 9.13 Å². The molecule has 4 heterocycles. The van der Waals surface area contributed by atoms with Crippen LogP contribution in [0.4, 0.5) is 0 Å². The molecule has 5 rings (SSSR count). The molecule has 0 amide bonds. The van der Waals surface area contributed by atoms with E-state index in [4.69, 9.17) is 4.98 Å². The number of fused-ring (bicyclic) bond motifs is 1. The molecule has 0 radical (unpaired) electrons. The summed E-state index contributed by atoms with van der Waals surface area (Å²) in [5.74, 6) is 1.73. The molecule has 0 aliphatic rings. The fraction of sp³-hybridized carbons (Fsp3) is 0.261. The summed E-state index contributed by atoms with van der Waals surface area (Å²) in [7, 11) is 0. The summed E-state index contributed by atoms with van der Waals surface area (Å²) in [6.07, 6.45) is 3.85. The van der Waals surface area contributed by atoms with E-state index in [9.17, 15) is 0 Å². The summed E-state index contributed by atoms with van der Waals surface area (Å²) in [5.41, 5.74) is 7.43. The van der Waals surface area contributed by atoms with Gasteiger partial charge in [-0.1, -0.05) is 19.1 Å². The zero-order chi connectivity index (χ0) is 21.4. The van der Waals surface area contributed by atoms with Gasteiger partial charge in [-0.05, 0) is 72.2 Å². The van der Waals surface area contributed by atoms with Crippen molar-refractivity contribution in [2.45, 2.75) is 40.2 Å². The van der Waals surface area contributed by atoms with Crippen LogP contribution in [0.15, 0.2) is 48.7 Å². The Kier molecular flexibility index (Phi) is 6.05. The number of benzene rings is 1. The zero-order valence-electron chi connectivity index (χ0n) is 18.3. The van der Waals surface area contributed by atoms with Crippen LogP contribution in [-0.2, 0) is 13.0 Å². The molecule has 1 aromatic carbocycles. The molecule has 32 heavy (non-hydrogen) atoms. The van der Waals surface area contributed by atoms with E-state index in [1.807, 2.05) is 18.3 Å². The minimum Gasteiger partial charge on any atom is -0.311 e. The van der Waals surface area contributed by atoms with E-state index in [1.54, 1.807) is 0 Å². The second-order valence-corrected chi connectivity index (χ2v) is 7.78. The zero-order valence-corrected chi connectivity index (χ0v) is 19.1. The lowest BCUT2D eigenvalue weighted by atomic mass is 10.2. The van der Waals surface area contributed by atoms with Gasteiger partial charge in [-0.2, -0.15) is 0 Å². The number of pyridine rings is 1. The van der Waals surface area contributed by atoms with Crippen LogP contribution >= 0.6 is 12.4 Å². The lowest BCUT2D eigenvalue weighted by Crippen LogP contribution is -2.06. The Morgan fingerprint density at radius 3 is 2.53 bits per heavy atom. The van der Waals surface area contributed by atoms with Crippen LogP contribution in [0.3, 0.4) is 0 Å². The van der Waals surface area contributed by atoms with Crippen molar-refractivity contribution in [2.24, 2.45) is 0 Å². The molecule has 0 bridgehead atoms. The number of aromatic amines is 1. The summed E-state index contributed by atoms with van der Waals surface area (Å²) in [5, 5.41) is 14.3. The normalized spacial score (nSPS) is 11.1. The highest BCUT2D eigenvalue weighted by molar-refractivity contribution is 5.85. The summed E-state index contributed by atoms with van der Waals surface area (Å²) >= 11 is 0. The molecular weight excluding hydrogens is 424 g/mol. The van der Waals surface area contributed by atoms with Gasteiger partial charge in [0.1, 0.15) is 11.3 Å². The number of tetrazole rings is 1. The minimum atomic E-state index is 0. The number of aromatic nitrogens is 8. The van der Waals surface area contributed by atoms with Crippen molar-refractivity contribution < 1.29 is 0 Å². The molecule has 0 aliphatic heterocycles. The Balaban J connectivity index is 0.00000245. The molecule has 9 heteroatoms. The maximum Gasteiger partial charge on any atom is 0.196 e. The third-order valence-corrected chi connectivity index (χ3v) is 5.59. The highest BCUT2D eigenvalue weighted by atomic mass is 35.5. The first-order valence-corrected chi connectivity index (χ1v) is 10.5. The number of nitrogens with one attached hydrogen (secondary N) is 1. The molecule has 0 unspecified atom stereocenters. The van der Waals surface area contributed by atoms with Gasteiger partial charge in [-0.15, -0.1) is 17.5 Å². The second-order valence-electron chi connectivity index (χ2n) is 7.78. The predicted molar refractivity (Wildman–Crippen MR) is 126 cm³/mol. The predicted octanol–water partition coefficient (Wildman–Crippen LogP) is 4.44. The summed E-state index contributed by atoms with van der Waals surface area (Å²) in [4.78, 5) is 9.51. The average molecular weight is 449 g/mol. The van der Waals surface area contributed by atoms with E-state index in [2.05, 4.69) is 85.8 Å². The average Bonchev–Trinajstić information content (AvgIpc) is 3.50. The number of rotatable bonds is 6. The van der Waals surface area contributed by atoms with Crippen LogP contribution < -0.4 is 0 Å². The molecule has 1 N–H and O–H groups in total. The van der Waals surface area contributed by atoms with E-state index in [1.165, 1.54) is 5.56 Å². The Morgan fingerprint density at radius 1 is 1.00 bits per heavy atom. The summed E-state index contributed by atoms with van der Waals surface area (Å²) < 4.78 is 4.39. The lowest BCUT2D eigenvalue weighted by Gasteiger charge is -2.12. The second kappa shape index (κ2) is 8.92. The number of halogens is 1. The molecule has 8 nitrogen and oxygen atoms in total. The first-order valence-electron chi connectivity index (χ1n) is 10.5. The van der Waals surface area contributed by atoms with Crippen molar-refractivity contribution in [1.82, 2.24) is 39.7 Å². The van der Waals surface area contributed by atoms with Gasteiger partial charge in [0, 0.05) is 24.0 Å². The van der Waals surface area contributed by atoms with Crippen LogP contribution in [0.25, 0.3) is 28.4 Å². The van der Waals surface area contributed by atoms with Gasteiger partial charge in [-0.25, -0.2) is 15.1 Å². The van der Waals surface area contributed by atoms with E-state index in [0.717, 1.165) is 59.0 Å². The summed E-state index contributed by atoms with van der Waals surface area (Å²) in [6, 6.07) is 14.7. The number of nitrogens with zero attached hydrogens (tertiary/aromatic N) is 7. The van der Waals surface area contributed by atoms with Crippen LogP contribution in [0.2, 0.25) is 0 Å². The van der Waals surface area contributed by atoms with Crippen molar-refractivity contribution in [3.63, 3.8) is 0 Å². The molecular formula is C23H25ClN8. The highest BCUT2D eigenvalue weighted by Crippen LogP contribution is 2.25. The standard InChI is InChI=1S/C23H24N8.ClH/c1-4-5-20-25-21-15(2)12-13-24-23(21)30(20)14-17-7-9-18(10-8-17)31-16(3)6-11-19(31)22-26-28-29-27-22;/h6-13H,4-5,14H2,1-3H3,(H,26,27,28,29);1H. The Hall–Kier alpha value is -3.52. The largest absolute Gasteiger partial charge is 0.311 e. The Labute approximate surface area is 192 Å². The van der Waals surface area contributed by atoms with Gasteiger partial charge in [-0.3, -0.25) is 0 Å². The van der Waals surface area contributed by atoms with Crippen molar-refractivity contribution in [3.05, 3.63) is 71.3 Å². The van der Waals surface area contributed by atoms with E-state index < -0.39 is 0 Å². The van der Waals surface area contributed by atoms with E-state index in [0.29, 0.717) is 5.82 Å². The van der Waals surface area contributed by atoms with Crippen LogP contribution in [0.5, 0.6) is 0 Å².